The molecule has 3 rings (SSSR count). The Morgan fingerprint density at radius 3 is 1.89 bits per heavy atom. The Balaban J connectivity index is 0.000000522. The van der Waals surface area contributed by atoms with E-state index in [0.717, 1.165) is 65.1 Å². The van der Waals surface area contributed by atoms with Crippen molar-refractivity contribution in [3.05, 3.63) is 0 Å². The molecular formula is C18H33N2O6Pt. The van der Waals surface area contributed by atoms with Crippen LogP contribution in [0.2, 0.25) is 0 Å². The van der Waals surface area contributed by atoms with Crippen LogP contribution in [0.1, 0.15) is 71.1 Å². The van der Waals surface area contributed by atoms with E-state index < -0.39 is 23.3 Å². The molecule has 9 heteroatoms. The van der Waals surface area contributed by atoms with E-state index in [4.69, 9.17) is 20.0 Å². The minimum atomic E-state index is -1.16. The summed E-state index contributed by atoms with van der Waals surface area (Å²) in [6, 6.07) is 0.562. The fourth-order valence-electron chi connectivity index (χ4n) is 3.92. The number of esters is 1. The second kappa shape index (κ2) is 12.7. The number of rotatable bonds is 1. The molecule has 1 heterocycles. The Bertz CT molecular complexity index is 466. The first-order chi connectivity index (χ1) is 12.3. The average Bonchev–Trinajstić information content (AvgIpc) is 2.59. The minimum absolute atomic E-state index is 0. The summed E-state index contributed by atoms with van der Waals surface area (Å²) >= 11 is 1.14. The third kappa shape index (κ3) is 7.70. The summed E-state index contributed by atoms with van der Waals surface area (Å²) < 4.78 is 12.4. The van der Waals surface area contributed by atoms with Gasteiger partial charge in [-0.1, -0.05) is 19.3 Å². The molecule has 1 unspecified atom stereocenters. The van der Waals surface area contributed by atoms with Crippen molar-refractivity contribution in [2.75, 3.05) is 0 Å². The maximum absolute atomic E-state index is 11.8. The van der Waals surface area contributed by atoms with Crippen LogP contribution < -0.4 is 11.5 Å². The first-order valence-corrected chi connectivity index (χ1v) is 10.3. The summed E-state index contributed by atoms with van der Waals surface area (Å²) in [4.78, 5) is 34.6. The molecule has 0 radical (unpaired) electrons. The second-order valence-corrected chi connectivity index (χ2v) is 7.46. The first-order valence-electron chi connectivity index (χ1n) is 9.26. The molecule has 0 aromatic rings. The Morgan fingerprint density at radius 2 is 1.52 bits per heavy atom. The monoisotopic (exact) mass is 568 g/mol. The van der Waals surface area contributed by atoms with Crippen molar-refractivity contribution in [3.8, 4) is 0 Å². The van der Waals surface area contributed by atoms with Crippen LogP contribution in [-0.4, -0.2) is 44.5 Å². The quantitative estimate of drug-likeness (QED) is 0.301. The molecule has 3 aliphatic rings. The van der Waals surface area contributed by atoms with Gasteiger partial charge in [-0.15, -0.1) is 0 Å². The van der Waals surface area contributed by atoms with E-state index >= 15 is 0 Å². The third-order valence-electron chi connectivity index (χ3n) is 5.42. The Kier molecular flexibility index (Phi) is 12.4. The van der Waals surface area contributed by atoms with Gasteiger partial charge in [-0.2, -0.15) is 0 Å². The molecule has 2 aliphatic carbocycles. The molecule has 0 bridgehead atoms. The van der Waals surface area contributed by atoms with Gasteiger partial charge in [-0.3, -0.25) is 14.4 Å². The van der Waals surface area contributed by atoms with E-state index in [9.17, 15) is 14.4 Å². The van der Waals surface area contributed by atoms with Crippen molar-refractivity contribution in [2.45, 2.75) is 88.8 Å². The first kappa shape index (κ1) is 26.3. The summed E-state index contributed by atoms with van der Waals surface area (Å²) in [5.41, 5.74) is 10.7. The fraction of sp³-hybridized carbons (Fsp3) is 0.833. The van der Waals surface area contributed by atoms with Crippen LogP contribution in [0.3, 0.4) is 0 Å². The number of Topliss-reactive ketones (excluding diaryl/α,β-unsaturated/α-hetero) is 2. The van der Waals surface area contributed by atoms with Gasteiger partial charge in [0.2, 0.25) is 0 Å². The molecule has 3 atom stereocenters. The summed E-state index contributed by atoms with van der Waals surface area (Å²) in [6.45, 7) is 1.27. The van der Waals surface area contributed by atoms with E-state index in [1.165, 1.54) is 19.8 Å². The zero-order valence-electron chi connectivity index (χ0n) is 15.9. The van der Waals surface area contributed by atoms with E-state index in [1.807, 2.05) is 0 Å². The Labute approximate surface area is 172 Å². The summed E-state index contributed by atoms with van der Waals surface area (Å²) in [5.74, 6) is -2.45. The van der Waals surface area contributed by atoms with Gasteiger partial charge in [0, 0.05) is 18.5 Å². The van der Waals surface area contributed by atoms with Crippen LogP contribution in [0.5, 0.6) is 0 Å². The number of nitrogens with two attached hydrogens (primary N) is 2. The van der Waals surface area contributed by atoms with Crippen molar-refractivity contribution < 1.29 is 48.6 Å². The van der Waals surface area contributed by atoms with Gasteiger partial charge in [0.25, 0.3) is 0 Å². The Morgan fingerprint density at radius 1 is 1.04 bits per heavy atom. The van der Waals surface area contributed by atoms with E-state index in [2.05, 4.69) is 0 Å². The van der Waals surface area contributed by atoms with E-state index in [-0.39, 0.29) is 29.8 Å². The van der Waals surface area contributed by atoms with Crippen molar-refractivity contribution in [1.82, 2.24) is 0 Å². The van der Waals surface area contributed by atoms with Gasteiger partial charge in [0.15, 0.2) is 17.5 Å². The number of carbonyl (C=O) groups excluding carboxylic acids is 3. The molecule has 2 saturated carbocycles. The van der Waals surface area contributed by atoms with Gasteiger partial charge in [-0.05, 0) is 45.4 Å². The molecule has 1 aliphatic heterocycles. The number of ether oxygens (including phenoxy) is 1. The van der Waals surface area contributed by atoms with Crippen LogP contribution in [0, 0.1) is 5.92 Å². The molecule has 1 spiro atoms. The van der Waals surface area contributed by atoms with Crippen molar-refractivity contribution >= 4 is 17.5 Å². The van der Waals surface area contributed by atoms with E-state index in [1.54, 1.807) is 0 Å². The molecule has 0 amide bonds. The number of hydrogen-bond acceptors (Lipinski definition) is 7. The van der Waals surface area contributed by atoms with Crippen molar-refractivity contribution in [3.63, 3.8) is 0 Å². The molecular weight excluding hydrogens is 535 g/mol. The normalized spacial score (nSPS) is 29.2. The van der Waals surface area contributed by atoms with Gasteiger partial charge in [-0.25, -0.2) is 0 Å². The van der Waals surface area contributed by atoms with Crippen LogP contribution in [0.15, 0.2) is 0 Å². The number of ketones is 2. The van der Waals surface area contributed by atoms with Crippen LogP contribution >= 0.6 is 0 Å². The summed E-state index contributed by atoms with van der Waals surface area (Å²) in [6.07, 6.45) is 9.65. The zero-order chi connectivity index (χ0) is 19.7. The standard InChI is InChI=1S/C12H16O4.C6H14N2.2H2O.Pt/c1-8(13)10-9(14)7-12(16-11(10)15)5-3-2-4-6-12;7-5-3-1-2-4-6(5)8;;;/h10H,2-7H2,1H3;5-6H,1-4,7-8H2;2*1H2;/q;;;;+1/p-1/t;5-,6-;;;/m.1.../s1. The molecule has 161 valence electrons. The number of carbonyl (C=O) groups is 3. The van der Waals surface area contributed by atoms with Crippen molar-refractivity contribution in [1.29, 1.82) is 0 Å². The summed E-state index contributed by atoms with van der Waals surface area (Å²) in [7, 11) is 0. The van der Waals surface area contributed by atoms with Crippen LogP contribution in [0.25, 0.3) is 0 Å². The van der Waals surface area contributed by atoms with Gasteiger partial charge >= 0.3 is 29.9 Å². The van der Waals surface area contributed by atoms with Crippen LogP contribution in [-0.2, 0) is 39.3 Å². The van der Waals surface area contributed by atoms with Crippen LogP contribution in [0.4, 0.5) is 0 Å². The molecule has 1 saturated heterocycles. The predicted molar refractivity (Wildman–Crippen MR) is 96.0 cm³/mol. The fourth-order valence-corrected chi connectivity index (χ4v) is 3.92. The average molecular weight is 569 g/mol. The number of hydrogen-bond donors (Lipinski definition) is 3. The topological polar surface area (TPSA) is 164 Å². The molecule has 0 aromatic heterocycles. The maximum atomic E-state index is 11.8. The van der Waals surface area contributed by atoms with Crippen molar-refractivity contribution in [2.24, 2.45) is 17.4 Å². The summed E-state index contributed by atoms with van der Waals surface area (Å²) in [5, 5.41) is 0. The van der Waals surface area contributed by atoms with E-state index in [0.29, 0.717) is 0 Å². The second-order valence-electron chi connectivity index (χ2n) is 7.46. The van der Waals surface area contributed by atoms with Gasteiger partial charge < -0.3 is 21.7 Å². The molecule has 0 aromatic carbocycles. The Hall–Kier alpha value is -0.662. The van der Waals surface area contributed by atoms with Gasteiger partial charge in [0.05, 0.1) is 0 Å². The molecule has 27 heavy (non-hydrogen) atoms. The SMILES string of the molecule is CC(=O)C1C(=O)CC2(CCCCC2)OC1=O.N[C@@H]1CCCC[C@H]1N.O.[OH][Pt]. The predicted octanol–water partition coefficient (Wildman–Crippen LogP) is 0.241. The molecule has 7 N–H and O–H groups in total. The third-order valence-corrected chi connectivity index (χ3v) is 5.42. The van der Waals surface area contributed by atoms with Gasteiger partial charge in [0.1, 0.15) is 5.60 Å². The molecule has 3 fully saturated rings. The molecule has 8 nitrogen and oxygen atoms in total. The zero-order valence-corrected chi connectivity index (χ0v) is 18.1.